The summed E-state index contributed by atoms with van der Waals surface area (Å²) in [6.07, 6.45) is 5.61. The topological polar surface area (TPSA) is 157 Å². The fraction of sp³-hybridized carbons (Fsp3) is 0.219. The molecule has 2 aromatic carbocycles. The average molecular weight is 624 g/mol. The van der Waals surface area contributed by atoms with Crippen LogP contribution < -0.4 is 0 Å². The molecule has 2 aliphatic rings. The van der Waals surface area contributed by atoms with E-state index in [1.165, 1.54) is 53.0 Å². The molecule has 12 nitrogen and oxygen atoms in total. The Bertz CT molecular complexity index is 2080. The number of ether oxygens (including phenoxy) is 1. The van der Waals surface area contributed by atoms with Gasteiger partial charge in [0.05, 0.1) is 33.4 Å². The second-order valence-electron chi connectivity index (χ2n) is 11.2. The number of fused-ring (bicyclic) bond motifs is 3. The number of aromatic nitrogens is 3. The summed E-state index contributed by atoms with van der Waals surface area (Å²) in [5.74, 6) is -2.41. The van der Waals surface area contributed by atoms with Gasteiger partial charge in [-0.1, -0.05) is 31.2 Å². The Labute approximate surface area is 259 Å². The highest BCUT2D eigenvalue weighted by Gasteiger charge is 2.60. The monoisotopic (exact) mass is 623 g/mol. The lowest BCUT2D eigenvalue weighted by atomic mass is 9.77. The maximum Gasteiger partial charge on any atom is 0.355 e. The van der Waals surface area contributed by atoms with Crippen LogP contribution in [0.2, 0.25) is 0 Å². The van der Waals surface area contributed by atoms with Crippen LogP contribution in [0, 0.1) is 22.0 Å². The largest absolute Gasteiger partial charge is 0.456 e. The van der Waals surface area contributed by atoms with Gasteiger partial charge in [-0.25, -0.2) is 9.78 Å². The number of carbonyl (C=O) groups is 3. The van der Waals surface area contributed by atoms with Gasteiger partial charge in [-0.05, 0) is 30.0 Å². The molecule has 0 spiro atoms. The Morgan fingerprint density at radius 1 is 1.16 bits per heavy atom. The van der Waals surface area contributed by atoms with Gasteiger partial charge in [0.25, 0.3) is 5.69 Å². The number of non-ortho nitro benzene ring substituents is 1. The first-order valence-corrected chi connectivity index (χ1v) is 15.0. The number of aliphatic hydroxyl groups excluding tert-OH is 1. The molecular weight excluding hydrogens is 598 g/mol. The number of imidazole rings is 1. The zero-order valence-corrected chi connectivity index (χ0v) is 24.8. The Morgan fingerprint density at radius 2 is 1.91 bits per heavy atom. The van der Waals surface area contributed by atoms with E-state index < -0.39 is 29.0 Å². The number of amides is 1. The van der Waals surface area contributed by atoms with E-state index in [4.69, 9.17) is 4.74 Å². The van der Waals surface area contributed by atoms with Gasteiger partial charge in [0.15, 0.2) is 0 Å². The highest BCUT2D eigenvalue weighted by molar-refractivity contribution is 7.18. The second-order valence-corrected chi connectivity index (χ2v) is 12.2. The van der Waals surface area contributed by atoms with Crippen LogP contribution in [0.15, 0.2) is 79.1 Å². The number of pyridine rings is 1. The Balaban J connectivity index is 1.26. The number of β-lactam (4-membered cyclic amide) rings is 1. The average Bonchev–Trinajstić information content (AvgIpc) is 3.69. The third kappa shape index (κ3) is 4.50. The molecular formula is C32H25N5O7S. The van der Waals surface area contributed by atoms with Crippen molar-refractivity contribution >= 4 is 55.9 Å². The van der Waals surface area contributed by atoms with Crippen LogP contribution in [0.4, 0.5) is 5.69 Å². The summed E-state index contributed by atoms with van der Waals surface area (Å²) in [7, 11) is 0. The molecule has 0 bridgehead atoms. The van der Waals surface area contributed by atoms with Crippen LogP contribution >= 0.6 is 11.3 Å². The summed E-state index contributed by atoms with van der Waals surface area (Å²) in [5, 5.41) is 23.0. The minimum absolute atomic E-state index is 0.0832. The minimum Gasteiger partial charge on any atom is -0.456 e. The Hall–Kier alpha value is -5.27. The third-order valence-electron chi connectivity index (χ3n) is 8.49. The van der Waals surface area contributed by atoms with Crippen LogP contribution in [0.5, 0.6) is 0 Å². The number of nitro benzene ring substituents is 1. The molecule has 5 aromatic rings. The van der Waals surface area contributed by atoms with E-state index in [9.17, 15) is 29.6 Å². The molecule has 1 N–H and O–H groups in total. The SMILES string of the molecule is C[C@@H](O)[C@H]1C(=O)N2C(C(=O)OCc3ccc([N+](=O)[O-])cc3)=C(c3cn4cnc(C(=O)c5cncc6ccccc56)c4s3)[C@H](C)[C@H]12. The van der Waals surface area contributed by atoms with Crippen molar-refractivity contribution in [1.82, 2.24) is 19.3 Å². The number of aliphatic hydroxyl groups is 1. The van der Waals surface area contributed by atoms with Gasteiger partial charge in [-0.2, -0.15) is 0 Å². The molecule has 0 radical (unpaired) electrons. The molecule has 4 atom stereocenters. The van der Waals surface area contributed by atoms with Gasteiger partial charge in [0.1, 0.15) is 29.2 Å². The van der Waals surface area contributed by atoms with Crippen molar-refractivity contribution in [2.24, 2.45) is 11.8 Å². The number of rotatable bonds is 8. The molecule has 1 fully saturated rings. The van der Waals surface area contributed by atoms with Gasteiger partial charge >= 0.3 is 5.97 Å². The lowest BCUT2D eigenvalue weighted by Gasteiger charge is -2.46. The van der Waals surface area contributed by atoms with Crippen LogP contribution in [-0.2, 0) is 20.9 Å². The maximum absolute atomic E-state index is 13.7. The number of benzene rings is 2. The molecule has 13 heteroatoms. The van der Waals surface area contributed by atoms with E-state index in [1.807, 2.05) is 31.2 Å². The molecule has 0 unspecified atom stereocenters. The number of ketones is 1. The van der Waals surface area contributed by atoms with E-state index in [2.05, 4.69) is 9.97 Å². The molecule has 0 aliphatic carbocycles. The second kappa shape index (κ2) is 10.7. The molecule has 0 saturated carbocycles. The number of nitro groups is 1. The van der Waals surface area contributed by atoms with E-state index in [0.717, 1.165) is 10.8 Å². The predicted molar refractivity (Wildman–Crippen MR) is 163 cm³/mol. The lowest BCUT2D eigenvalue weighted by molar-refractivity contribution is -0.384. The van der Waals surface area contributed by atoms with Gasteiger partial charge in [0.2, 0.25) is 11.7 Å². The van der Waals surface area contributed by atoms with Gasteiger partial charge < -0.3 is 14.7 Å². The molecule has 7 rings (SSSR count). The standard InChI is InChI=1S/C32H25N5O7S/c1-16-24(23-13-35-15-34-26(31(35)45-23)29(39)22-12-33-11-19-5-3-4-6-21(19)22)28(36-27(16)25(17(2)38)30(36)40)32(41)44-14-18-7-9-20(10-8-18)37(42)43/h3-13,15-17,25,27,38H,14H2,1-2H3/t16-,17+,25+,27+/m0/s1. The maximum atomic E-state index is 13.7. The summed E-state index contributed by atoms with van der Waals surface area (Å²) in [6.45, 7) is 3.28. The Morgan fingerprint density at radius 3 is 2.64 bits per heavy atom. The third-order valence-corrected chi connectivity index (χ3v) is 9.63. The summed E-state index contributed by atoms with van der Waals surface area (Å²) >= 11 is 1.27. The number of hydrogen-bond acceptors (Lipinski definition) is 10. The van der Waals surface area contributed by atoms with E-state index in [-0.39, 0.29) is 41.3 Å². The van der Waals surface area contributed by atoms with Crippen molar-refractivity contribution < 1.29 is 29.2 Å². The molecule has 1 amide bonds. The van der Waals surface area contributed by atoms with Crippen molar-refractivity contribution in [2.75, 3.05) is 0 Å². The van der Waals surface area contributed by atoms with Gasteiger partial charge in [-0.15, -0.1) is 11.3 Å². The van der Waals surface area contributed by atoms with Gasteiger partial charge in [0, 0.05) is 47.6 Å². The van der Waals surface area contributed by atoms with Crippen LogP contribution in [-0.4, -0.2) is 59.1 Å². The van der Waals surface area contributed by atoms with E-state index >= 15 is 0 Å². The summed E-state index contributed by atoms with van der Waals surface area (Å²) in [5.41, 5.74) is 1.76. The van der Waals surface area contributed by atoms with Crippen LogP contribution in [0.25, 0.3) is 21.2 Å². The predicted octanol–water partition coefficient (Wildman–Crippen LogP) is 4.40. The van der Waals surface area contributed by atoms with Crippen molar-refractivity contribution in [1.29, 1.82) is 0 Å². The first kappa shape index (κ1) is 28.5. The van der Waals surface area contributed by atoms with E-state index in [0.29, 0.717) is 26.4 Å². The highest BCUT2D eigenvalue weighted by atomic mass is 32.1. The summed E-state index contributed by atoms with van der Waals surface area (Å²) in [6, 6.07) is 12.7. The molecule has 45 heavy (non-hydrogen) atoms. The smallest absolute Gasteiger partial charge is 0.355 e. The van der Waals surface area contributed by atoms with Crippen molar-refractivity contribution in [3.8, 4) is 0 Å². The number of nitrogens with zero attached hydrogens (tertiary/aromatic N) is 5. The zero-order valence-electron chi connectivity index (χ0n) is 24.0. The first-order valence-electron chi connectivity index (χ1n) is 14.2. The van der Waals surface area contributed by atoms with Crippen molar-refractivity contribution in [3.05, 3.63) is 111 Å². The lowest BCUT2D eigenvalue weighted by Crippen LogP contribution is -2.63. The van der Waals surface area contributed by atoms with E-state index in [1.54, 1.807) is 23.7 Å². The van der Waals surface area contributed by atoms with Crippen LogP contribution in [0.1, 0.15) is 40.3 Å². The quantitative estimate of drug-likeness (QED) is 0.0870. The number of carbonyl (C=O) groups excluding carboxylic acids is 3. The zero-order chi connectivity index (χ0) is 31.6. The highest BCUT2D eigenvalue weighted by Crippen LogP contribution is 2.52. The summed E-state index contributed by atoms with van der Waals surface area (Å²) < 4.78 is 7.34. The summed E-state index contributed by atoms with van der Waals surface area (Å²) in [4.78, 5) is 62.3. The molecule has 5 heterocycles. The van der Waals surface area contributed by atoms with Crippen molar-refractivity contribution in [2.45, 2.75) is 32.6 Å². The minimum atomic E-state index is -0.917. The number of hydrogen-bond donors (Lipinski definition) is 1. The fourth-order valence-electron chi connectivity index (χ4n) is 6.32. The normalized spacial score (nSPS) is 19.9. The molecule has 1 saturated heterocycles. The number of thiazole rings is 1. The Kier molecular flexibility index (Phi) is 6.79. The first-order chi connectivity index (χ1) is 21.7. The van der Waals surface area contributed by atoms with Crippen LogP contribution in [0.3, 0.4) is 0 Å². The number of esters is 1. The molecule has 226 valence electrons. The molecule has 2 aliphatic heterocycles. The van der Waals surface area contributed by atoms with Crippen molar-refractivity contribution in [3.63, 3.8) is 0 Å². The fourth-order valence-corrected chi connectivity index (χ4v) is 7.53. The van der Waals surface area contributed by atoms with Gasteiger partial charge in [-0.3, -0.25) is 29.1 Å². The molecule has 3 aromatic heterocycles.